The van der Waals surface area contributed by atoms with Gasteiger partial charge in [-0.05, 0) is 30.7 Å². The molecule has 0 saturated carbocycles. The number of nitrogens with one attached hydrogen (secondary N) is 1. The number of esters is 1. The Hall–Kier alpha value is -3.03. The van der Waals surface area contributed by atoms with Crippen molar-refractivity contribution in [2.75, 3.05) is 20.3 Å². The normalized spacial score (nSPS) is 12.3. The van der Waals surface area contributed by atoms with E-state index in [9.17, 15) is 9.18 Å². The number of nitrogens with zero attached hydrogens (tertiary/aromatic N) is 4. The van der Waals surface area contributed by atoms with Crippen LogP contribution in [-0.2, 0) is 11.8 Å². The molecule has 0 saturated heterocycles. The fourth-order valence-electron chi connectivity index (χ4n) is 2.27. The topological polar surface area (TPSA) is 81.9 Å². The van der Waals surface area contributed by atoms with E-state index in [1.807, 2.05) is 52.4 Å². The Bertz CT molecular complexity index is 797. The van der Waals surface area contributed by atoms with E-state index in [2.05, 4.69) is 25.1 Å². The molecule has 28 heavy (non-hydrogen) atoms. The molecule has 8 heteroatoms. The largest absolute Gasteiger partial charge is 0.464 e. The van der Waals surface area contributed by atoms with E-state index in [-0.39, 0.29) is 12.4 Å². The number of carbonyl (C=O) groups is 1. The highest BCUT2D eigenvalue weighted by atomic mass is 19.1. The van der Waals surface area contributed by atoms with E-state index >= 15 is 0 Å². The number of hydrogen-bond donors (Lipinski definition) is 1. The van der Waals surface area contributed by atoms with E-state index < -0.39 is 5.97 Å². The number of hydrogen-bond acceptors (Lipinski definition) is 6. The molecule has 0 aliphatic carbocycles. The van der Waals surface area contributed by atoms with Gasteiger partial charge in [-0.25, -0.2) is 14.2 Å². The van der Waals surface area contributed by atoms with Crippen LogP contribution in [0.2, 0.25) is 0 Å². The molecule has 7 nitrogen and oxygen atoms in total. The van der Waals surface area contributed by atoms with Crippen molar-refractivity contribution < 1.29 is 13.9 Å². The third kappa shape index (κ3) is 6.94. The lowest BCUT2D eigenvalue weighted by molar-refractivity contribution is 0.0593. The minimum Gasteiger partial charge on any atom is -0.464 e. The first-order chi connectivity index (χ1) is 13.5. The average Bonchev–Trinajstić information content (AvgIpc) is 2.92. The third-order valence-electron chi connectivity index (χ3n) is 3.58. The number of methoxy groups -OCH3 is 1. The molecule has 1 aliphatic rings. The summed E-state index contributed by atoms with van der Waals surface area (Å²) < 4.78 is 18.2. The molecule has 0 fully saturated rings. The van der Waals surface area contributed by atoms with Crippen molar-refractivity contribution in [3.63, 3.8) is 0 Å². The van der Waals surface area contributed by atoms with Crippen molar-refractivity contribution in [1.29, 1.82) is 0 Å². The van der Waals surface area contributed by atoms with E-state index in [1.165, 1.54) is 19.5 Å². The molecule has 1 aliphatic heterocycles. The summed E-state index contributed by atoms with van der Waals surface area (Å²) in [6.45, 7) is 6.28. The Morgan fingerprint density at radius 3 is 2.61 bits per heavy atom. The van der Waals surface area contributed by atoms with E-state index in [1.54, 1.807) is 4.68 Å². The lowest BCUT2D eigenvalue weighted by atomic mass is 10.2. The molecule has 0 bridgehead atoms. The first-order valence-electron chi connectivity index (χ1n) is 9.08. The molecule has 2 aromatic rings. The third-order valence-corrected chi connectivity index (χ3v) is 3.58. The molecular weight excluding hydrogens is 361 g/mol. The minimum absolute atomic E-state index is 0.185. The molecule has 0 aromatic carbocycles. The molecule has 2 aromatic heterocycles. The van der Waals surface area contributed by atoms with Gasteiger partial charge in [-0.15, -0.1) is 0 Å². The van der Waals surface area contributed by atoms with Gasteiger partial charge in [-0.3, -0.25) is 9.67 Å². The van der Waals surface area contributed by atoms with Crippen LogP contribution in [-0.4, -0.2) is 46.0 Å². The fraction of sp³-hybridized carbons (Fsp3) is 0.400. The van der Waals surface area contributed by atoms with Gasteiger partial charge in [0.05, 0.1) is 19.5 Å². The van der Waals surface area contributed by atoms with Gasteiger partial charge in [0.2, 0.25) is 0 Å². The zero-order chi connectivity index (χ0) is 20.9. The number of carbonyl (C=O) groups excluding carboxylic acids is 1. The summed E-state index contributed by atoms with van der Waals surface area (Å²) in [5, 5.41) is 7.23. The quantitative estimate of drug-likeness (QED) is 0.640. The zero-order valence-corrected chi connectivity index (χ0v) is 17.1. The van der Waals surface area contributed by atoms with Crippen molar-refractivity contribution in [3.05, 3.63) is 53.8 Å². The van der Waals surface area contributed by atoms with Gasteiger partial charge in [-0.1, -0.05) is 26.0 Å². The van der Waals surface area contributed by atoms with E-state index in [0.717, 1.165) is 23.3 Å². The summed E-state index contributed by atoms with van der Waals surface area (Å²) in [6.07, 6.45) is 11.4. The van der Waals surface area contributed by atoms with Crippen LogP contribution < -0.4 is 5.32 Å². The van der Waals surface area contributed by atoms with Gasteiger partial charge in [0.25, 0.3) is 0 Å². The molecule has 3 heterocycles. The zero-order valence-electron chi connectivity index (χ0n) is 17.1. The molecule has 0 radical (unpaired) electrons. The van der Waals surface area contributed by atoms with E-state index in [4.69, 9.17) is 0 Å². The van der Waals surface area contributed by atoms with Gasteiger partial charge in [0.15, 0.2) is 5.69 Å². The van der Waals surface area contributed by atoms with Crippen molar-refractivity contribution in [2.45, 2.75) is 27.2 Å². The second-order valence-electron chi connectivity index (χ2n) is 5.63. The number of aryl methyl sites for hydroxylation is 2. The van der Waals surface area contributed by atoms with Crippen LogP contribution in [0.25, 0.3) is 11.4 Å². The van der Waals surface area contributed by atoms with Crippen molar-refractivity contribution in [2.24, 2.45) is 7.05 Å². The number of allylic oxidation sites excluding steroid dienone is 2. The molecule has 0 atom stereocenters. The van der Waals surface area contributed by atoms with Gasteiger partial charge < -0.3 is 10.1 Å². The first kappa shape index (κ1) is 23.0. The molecule has 3 rings (SSSR count). The highest BCUT2D eigenvalue weighted by molar-refractivity contribution is 5.86. The van der Waals surface area contributed by atoms with Gasteiger partial charge >= 0.3 is 5.97 Å². The Balaban J connectivity index is 0.000000301. The van der Waals surface area contributed by atoms with Crippen LogP contribution in [0, 0.1) is 6.92 Å². The Morgan fingerprint density at radius 1 is 1.32 bits per heavy atom. The average molecular weight is 389 g/mol. The number of alkyl halides is 1. The molecule has 1 N–H and O–H groups in total. The maximum Gasteiger partial charge on any atom is 0.358 e. The summed E-state index contributed by atoms with van der Waals surface area (Å²) in [4.78, 5) is 19.3. The lowest BCUT2D eigenvalue weighted by Gasteiger charge is -1.99. The fourth-order valence-corrected chi connectivity index (χ4v) is 2.27. The molecule has 152 valence electrons. The smallest absolute Gasteiger partial charge is 0.358 e. The monoisotopic (exact) mass is 389 g/mol. The predicted octanol–water partition coefficient (Wildman–Crippen LogP) is 3.39. The van der Waals surface area contributed by atoms with Crippen molar-refractivity contribution in [3.8, 4) is 11.4 Å². The number of ether oxygens (including phenoxy) is 1. The molecule has 0 unspecified atom stereocenters. The van der Waals surface area contributed by atoms with Crippen LogP contribution in [0.5, 0.6) is 0 Å². The maximum atomic E-state index is 11.9. The van der Waals surface area contributed by atoms with Crippen LogP contribution in [0.1, 0.15) is 36.3 Å². The Kier molecular flexibility index (Phi) is 10.2. The van der Waals surface area contributed by atoms with Crippen molar-refractivity contribution >= 4 is 5.97 Å². The van der Waals surface area contributed by atoms with Crippen molar-refractivity contribution in [1.82, 2.24) is 25.1 Å². The summed E-state index contributed by atoms with van der Waals surface area (Å²) in [5.74, 6) is -0.498. The number of halogens is 1. The summed E-state index contributed by atoms with van der Waals surface area (Å²) in [7, 11) is 3.15. The highest BCUT2D eigenvalue weighted by Crippen LogP contribution is 2.17. The standard InChI is InChI=1S/C11H12N4O2.C7H10FN.C2H6/c1-7-6-15(2)14-10(7)8-4-13-9(5-12-8)11(16)17-3;8-5-7-3-1-2-4-9-6-7;1-2/h4-6H,1-3H3;2-4,9H,1,5-6H2;1-2H3. The summed E-state index contributed by atoms with van der Waals surface area (Å²) in [6, 6.07) is 0. The maximum absolute atomic E-state index is 11.9. The first-order valence-corrected chi connectivity index (χ1v) is 9.08. The predicted molar refractivity (Wildman–Crippen MR) is 107 cm³/mol. The SMILES string of the molecule is CC.COC(=O)c1cnc(-c2nn(C)cc2C)cn1.FCC1=CCC=CNC1. The molecule has 0 amide bonds. The second-order valence-corrected chi connectivity index (χ2v) is 5.63. The van der Waals surface area contributed by atoms with Gasteiger partial charge in [0, 0.05) is 19.8 Å². The minimum atomic E-state index is -0.498. The Labute approximate surface area is 165 Å². The second kappa shape index (κ2) is 12.4. The molecular formula is C20H28FN5O2. The van der Waals surface area contributed by atoms with Crippen LogP contribution >= 0.6 is 0 Å². The van der Waals surface area contributed by atoms with Crippen LogP contribution in [0.15, 0.2) is 42.5 Å². The lowest BCUT2D eigenvalue weighted by Crippen LogP contribution is -2.09. The van der Waals surface area contributed by atoms with Crippen LogP contribution in [0.3, 0.4) is 0 Å². The number of rotatable bonds is 3. The van der Waals surface area contributed by atoms with E-state index in [0.29, 0.717) is 12.2 Å². The summed E-state index contributed by atoms with van der Waals surface area (Å²) in [5.41, 5.74) is 3.43. The highest BCUT2D eigenvalue weighted by Gasteiger charge is 2.11. The summed E-state index contributed by atoms with van der Waals surface area (Å²) >= 11 is 0. The van der Waals surface area contributed by atoms with Crippen LogP contribution in [0.4, 0.5) is 4.39 Å². The van der Waals surface area contributed by atoms with Gasteiger partial charge in [-0.2, -0.15) is 5.10 Å². The van der Waals surface area contributed by atoms with Gasteiger partial charge in [0.1, 0.15) is 18.1 Å². The Morgan fingerprint density at radius 2 is 2.07 bits per heavy atom. The molecule has 0 spiro atoms. The number of aromatic nitrogens is 4.